The largest absolute Gasteiger partial charge is 0.423 e. The van der Waals surface area contributed by atoms with Crippen LogP contribution in [0.4, 0.5) is 0 Å². The van der Waals surface area contributed by atoms with Gasteiger partial charge in [-0.25, -0.2) is 4.79 Å². The maximum atomic E-state index is 11.7. The summed E-state index contributed by atoms with van der Waals surface area (Å²) in [5, 5.41) is 21.4. The van der Waals surface area contributed by atoms with Gasteiger partial charge in [-0.2, -0.15) is 0 Å². The molecule has 19 heavy (non-hydrogen) atoms. The average Bonchev–Trinajstić information content (AvgIpc) is 3.07. The molecule has 4 nitrogen and oxygen atoms in total. The van der Waals surface area contributed by atoms with Gasteiger partial charge >= 0.3 is 5.97 Å². The molecule has 6 atom stereocenters. The minimum atomic E-state index is -1.82. The Morgan fingerprint density at radius 2 is 2.16 bits per heavy atom. The summed E-state index contributed by atoms with van der Waals surface area (Å²) in [5.74, 6) is -1.35. The zero-order valence-corrected chi connectivity index (χ0v) is 11.1. The van der Waals surface area contributed by atoms with Crippen LogP contribution in [0.1, 0.15) is 26.7 Å². The van der Waals surface area contributed by atoms with E-state index >= 15 is 0 Å². The second kappa shape index (κ2) is 2.96. The molecule has 102 valence electrons. The average molecular weight is 262 g/mol. The van der Waals surface area contributed by atoms with Gasteiger partial charge in [0.25, 0.3) is 5.79 Å². The SMILES string of the molecule is C=C1[C@H]2CC3=C(C)C(=O)O[C@]3(O)[C@@H](O)[C@@]2(C)[C@H]2C[C@@H]12. The zero-order chi connectivity index (χ0) is 13.7. The van der Waals surface area contributed by atoms with E-state index in [0.29, 0.717) is 29.4 Å². The highest BCUT2D eigenvalue weighted by Gasteiger charge is 2.73. The molecule has 4 rings (SSSR count). The lowest BCUT2D eigenvalue weighted by atomic mass is 9.60. The van der Waals surface area contributed by atoms with Gasteiger partial charge in [-0.3, -0.25) is 0 Å². The van der Waals surface area contributed by atoms with E-state index in [1.54, 1.807) is 6.92 Å². The fourth-order valence-electron chi connectivity index (χ4n) is 4.77. The molecular weight excluding hydrogens is 244 g/mol. The molecule has 3 saturated carbocycles. The molecule has 1 aliphatic heterocycles. The monoisotopic (exact) mass is 262 g/mol. The van der Waals surface area contributed by atoms with E-state index in [4.69, 9.17) is 4.74 Å². The molecular formula is C15H18O4. The fraction of sp³-hybridized carbons (Fsp3) is 0.667. The van der Waals surface area contributed by atoms with Gasteiger partial charge in [0.1, 0.15) is 6.10 Å². The Kier molecular flexibility index (Phi) is 1.82. The van der Waals surface area contributed by atoms with E-state index in [1.165, 1.54) is 5.57 Å². The maximum absolute atomic E-state index is 11.7. The fourth-order valence-corrected chi connectivity index (χ4v) is 4.77. The summed E-state index contributed by atoms with van der Waals surface area (Å²) in [6, 6.07) is 0. The number of hydrogen-bond donors (Lipinski definition) is 2. The van der Waals surface area contributed by atoms with E-state index < -0.39 is 23.3 Å². The molecule has 3 aliphatic carbocycles. The second-order valence-corrected chi connectivity index (χ2v) is 6.74. The number of aliphatic hydroxyl groups excluding tert-OH is 1. The Balaban J connectivity index is 1.88. The number of esters is 1. The van der Waals surface area contributed by atoms with Crippen LogP contribution < -0.4 is 0 Å². The molecule has 4 heteroatoms. The Morgan fingerprint density at radius 3 is 2.84 bits per heavy atom. The summed E-state index contributed by atoms with van der Waals surface area (Å²) < 4.78 is 5.12. The number of ether oxygens (including phenoxy) is 1. The molecule has 0 radical (unpaired) electrons. The standard InChI is InChI=1S/C15H18O4/c1-6-8-4-11(8)14(3)9(6)5-10-7(2)12(16)19-15(10,18)13(14)17/h8-9,11,13,17-18H,1,4-5H2,2-3H3/t8-,9+,11-,13-,14+,15-/m0/s1. The summed E-state index contributed by atoms with van der Waals surface area (Å²) in [6.07, 6.45) is 0.544. The quantitative estimate of drug-likeness (QED) is 0.507. The molecule has 0 aromatic heterocycles. The van der Waals surface area contributed by atoms with Gasteiger partial charge in [0.2, 0.25) is 0 Å². The van der Waals surface area contributed by atoms with Crippen LogP contribution >= 0.6 is 0 Å². The van der Waals surface area contributed by atoms with Crippen LogP contribution in [0.25, 0.3) is 0 Å². The lowest BCUT2D eigenvalue weighted by Gasteiger charge is -2.49. The lowest BCUT2D eigenvalue weighted by Crippen LogP contribution is -2.59. The number of carbonyl (C=O) groups is 1. The predicted octanol–water partition coefficient (Wildman–Crippen LogP) is 1.14. The third kappa shape index (κ3) is 1.04. The number of carbonyl (C=O) groups excluding carboxylic acids is 1. The molecule has 0 aromatic carbocycles. The van der Waals surface area contributed by atoms with E-state index in [9.17, 15) is 15.0 Å². The van der Waals surface area contributed by atoms with Gasteiger partial charge in [0, 0.05) is 16.6 Å². The minimum Gasteiger partial charge on any atom is -0.423 e. The van der Waals surface area contributed by atoms with Crippen LogP contribution in [0.15, 0.2) is 23.3 Å². The molecule has 0 bridgehead atoms. The summed E-state index contributed by atoms with van der Waals surface area (Å²) in [6.45, 7) is 7.84. The Bertz CT molecular complexity index is 562. The van der Waals surface area contributed by atoms with Crippen molar-refractivity contribution in [3.8, 4) is 0 Å². The summed E-state index contributed by atoms with van der Waals surface area (Å²) >= 11 is 0. The zero-order valence-electron chi connectivity index (χ0n) is 11.1. The molecule has 4 aliphatic rings. The first-order chi connectivity index (χ1) is 8.81. The molecule has 1 heterocycles. The van der Waals surface area contributed by atoms with Crippen molar-refractivity contribution < 1.29 is 19.7 Å². The number of rotatable bonds is 0. The first-order valence-corrected chi connectivity index (χ1v) is 6.84. The van der Waals surface area contributed by atoms with Crippen LogP contribution in [-0.2, 0) is 9.53 Å². The summed E-state index contributed by atoms with van der Waals surface area (Å²) in [7, 11) is 0. The highest BCUT2D eigenvalue weighted by Crippen LogP contribution is 2.73. The van der Waals surface area contributed by atoms with Crippen molar-refractivity contribution in [2.75, 3.05) is 0 Å². The van der Waals surface area contributed by atoms with Gasteiger partial charge < -0.3 is 14.9 Å². The van der Waals surface area contributed by atoms with E-state index in [1.807, 2.05) is 6.92 Å². The first kappa shape index (κ1) is 11.7. The second-order valence-electron chi connectivity index (χ2n) is 6.74. The van der Waals surface area contributed by atoms with Gasteiger partial charge in [0.15, 0.2) is 0 Å². The lowest BCUT2D eigenvalue weighted by molar-refractivity contribution is -0.256. The smallest absolute Gasteiger partial charge is 0.336 e. The van der Waals surface area contributed by atoms with E-state index in [-0.39, 0.29) is 5.92 Å². The molecule has 0 saturated heterocycles. The highest BCUT2D eigenvalue weighted by atomic mass is 16.7. The van der Waals surface area contributed by atoms with Crippen LogP contribution in [0.3, 0.4) is 0 Å². The predicted molar refractivity (Wildman–Crippen MR) is 66.7 cm³/mol. The molecule has 2 N–H and O–H groups in total. The molecule has 0 amide bonds. The number of hydrogen-bond acceptors (Lipinski definition) is 4. The Labute approximate surface area is 111 Å². The van der Waals surface area contributed by atoms with Crippen molar-refractivity contribution >= 4 is 5.97 Å². The van der Waals surface area contributed by atoms with Crippen molar-refractivity contribution in [1.82, 2.24) is 0 Å². The van der Waals surface area contributed by atoms with Crippen molar-refractivity contribution in [1.29, 1.82) is 0 Å². The molecule has 0 aromatic rings. The highest BCUT2D eigenvalue weighted by molar-refractivity contribution is 5.92. The Morgan fingerprint density at radius 1 is 1.47 bits per heavy atom. The van der Waals surface area contributed by atoms with Crippen molar-refractivity contribution in [2.45, 2.75) is 38.6 Å². The van der Waals surface area contributed by atoms with Crippen LogP contribution in [-0.4, -0.2) is 28.1 Å². The van der Waals surface area contributed by atoms with E-state index in [0.717, 1.165) is 6.42 Å². The van der Waals surface area contributed by atoms with Crippen molar-refractivity contribution in [2.24, 2.45) is 23.2 Å². The molecule has 0 unspecified atom stereocenters. The maximum Gasteiger partial charge on any atom is 0.336 e. The number of allylic oxidation sites excluding steroid dienone is 1. The molecule has 3 fully saturated rings. The van der Waals surface area contributed by atoms with Gasteiger partial charge in [-0.05, 0) is 37.5 Å². The first-order valence-electron chi connectivity index (χ1n) is 6.84. The van der Waals surface area contributed by atoms with Crippen LogP contribution in [0.5, 0.6) is 0 Å². The minimum absolute atomic E-state index is 0.144. The number of aliphatic hydroxyl groups is 2. The van der Waals surface area contributed by atoms with Crippen LogP contribution in [0, 0.1) is 23.2 Å². The summed E-state index contributed by atoms with van der Waals surface area (Å²) in [4.78, 5) is 11.7. The van der Waals surface area contributed by atoms with E-state index in [2.05, 4.69) is 6.58 Å². The van der Waals surface area contributed by atoms with Crippen molar-refractivity contribution in [3.63, 3.8) is 0 Å². The topological polar surface area (TPSA) is 66.8 Å². The van der Waals surface area contributed by atoms with Crippen LogP contribution in [0.2, 0.25) is 0 Å². The molecule has 0 spiro atoms. The normalized spacial score (nSPS) is 54.7. The summed E-state index contributed by atoms with van der Waals surface area (Å²) in [5.41, 5.74) is 1.74. The van der Waals surface area contributed by atoms with Gasteiger partial charge in [0.05, 0.1) is 0 Å². The van der Waals surface area contributed by atoms with Gasteiger partial charge in [-0.15, -0.1) is 0 Å². The Hall–Kier alpha value is -1.13. The van der Waals surface area contributed by atoms with Gasteiger partial charge in [-0.1, -0.05) is 19.1 Å². The number of fused-ring (bicyclic) bond motifs is 4. The van der Waals surface area contributed by atoms with Crippen molar-refractivity contribution in [3.05, 3.63) is 23.3 Å². The third-order valence-corrected chi connectivity index (χ3v) is 6.07. The third-order valence-electron chi connectivity index (χ3n) is 6.07.